The van der Waals surface area contributed by atoms with Crippen LogP contribution in [0.5, 0.6) is 0 Å². The Hall–Kier alpha value is -4.56. The monoisotopic (exact) mass is 565 g/mol. The van der Waals surface area contributed by atoms with Crippen molar-refractivity contribution in [2.45, 2.75) is 0 Å². The molecule has 2 aromatic heterocycles. The van der Waals surface area contributed by atoms with Crippen LogP contribution in [0.1, 0.15) is 0 Å². The Morgan fingerprint density at radius 2 is 0.891 bits per heavy atom. The Labute approximate surface area is 277 Å². The molecule has 0 aliphatic rings. The maximum atomic E-state index is 6.63. The smallest absolute Gasteiger partial charge is 0.135 e. The van der Waals surface area contributed by atoms with Crippen molar-refractivity contribution in [1.29, 1.82) is 0 Å². The van der Waals surface area contributed by atoms with Crippen LogP contribution >= 0.6 is 0 Å². The van der Waals surface area contributed by atoms with Gasteiger partial charge in [-0.3, -0.25) is 0 Å². The van der Waals surface area contributed by atoms with Crippen molar-refractivity contribution in [2.75, 3.05) is 0 Å². The van der Waals surface area contributed by atoms with Gasteiger partial charge in [-0.1, -0.05) is 76.4 Å². The number of rotatable bonds is 3. The molecule has 10 heteroatoms. The van der Waals surface area contributed by atoms with Crippen molar-refractivity contribution < 1.29 is 4.42 Å². The number of benzene rings is 6. The molecule has 0 saturated carbocycles. The molecule has 0 bridgehead atoms. The summed E-state index contributed by atoms with van der Waals surface area (Å²) < 4.78 is 7.91. The highest BCUT2D eigenvalue weighted by Gasteiger charge is 2.22. The van der Waals surface area contributed by atoms with Crippen LogP contribution in [0, 0.1) is 0 Å². The highest BCUT2D eigenvalue weighted by Crippen LogP contribution is 2.34. The van der Waals surface area contributed by atoms with Gasteiger partial charge in [0, 0.05) is 27.5 Å². The van der Waals surface area contributed by atoms with Crippen molar-refractivity contribution >= 4 is 150 Å². The molecule has 46 heavy (non-hydrogen) atoms. The summed E-state index contributed by atoms with van der Waals surface area (Å²) in [5.41, 5.74) is 9.14. The average Bonchev–Trinajstić information content (AvgIpc) is 3.64. The third-order valence-corrected chi connectivity index (χ3v) is 8.97. The number of furan rings is 1. The maximum Gasteiger partial charge on any atom is 0.135 e. The lowest BCUT2D eigenvalue weighted by Gasteiger charge is -2.18. The predicted molar refractivity (Wildman–Crippen MR) is 202 cm³/mol. The first-order chi connectivity index (χ1) is 22.2. The van der Waals surface area contributed by atoms with Gasteiger partial charge in [-0.15, -0.1) is 21.9 Å². The fourth-order valence-electron chi connectivity index (χ4n) is 6.58. The molecule has 8 aromatic rings. The molecule has 2 nitrogen and oxygen atoms in total. The summed E-state index contributed by atoms with van der Waals surface area (Å²) in [5, 5.41) is 3.16. The van der Waals surface area contributed by atoms with E-state index in [1.807, 2.05) is 59.2 Å². The van der Waals surface area contributed by atoms with Gasteiger partial charge >= 0.3 is 0 Å². The zero-order chi connectivity index (χ0) is 32.0. The molecule has 16 radical (unpaired) electrons. The summed E-state index contributed by atoms with van der Waals surface area (Å²) in [7, 11) is 51.6. The first-order valence-electron chi connectivity index (χ1n) is 14.6. The van der Waals surface area contributed by atoms with Crippen LogP contribution in [-0.4, -0.2) is 67.3 Å². The molecule has 0 aliphatic carbocycles. The van der Waals surface area contributed by atoms with Crippen molar-refractivity contribution in [2.24, 2.45) is 0 Å². The van der Waals surface area contributed by atoms with Crippen molar-refractivity contribution in [3.05, 3.63) is 91.0 Å². The average molecular weight is 564 g/mol. The summed E-state index contributed by atoms with van der Waals surface area (Å²) in [6.07, 6.45) is 0. The lowest BCUT2D eigenvalue weighted by molar-refractivity contribution is 0.669. The van der Waals surface area contributed by atoms with E-state index >= 15 is 0 Å². The van der Waals surface area contributed by atoms with Gasteiger partial charge in [0.1, 0.15) is 73.9 Å². The van der Waals surface area contributed by atoms with Gasteiger partial charge in [0.25, 0.3) is 0 Å². The van der Waals surface area contributed by atoms with E-state index in [4.69, 9.17) is 67.2 Å². The largest absolute Gasteiger partial charge is 0.456 e. The molecule has 194 valence electrons. The van der Waals surface area contributed by atoms with E-state index in [1.165, 1.54) is 0 Å². The number of hydrogen-bond donors (Lipinski definition) is 0. The first-order valence-corrected chi connectivity index (χ1v) is 14.6. The fourth-order valence-corrected chi connectivity index (χ4v) is 6.58. The van der Waals surface area contributed by atoms with E-state index in [-0.39, 0.29) is 43.7 Å². The Morgan fingerprint density at radius 1 is 0.391 bits per heavy atom. The minimum absolute atomic E-state index is 0.157. The summed E-state index contributed by atoms with van der Waals surface area (Å²) in [5.74, 6) is 0. The second-order valence-corrected chi connectivity index (χ2v) is 11.5. The molecule has 0 aliphatic heterocycles. The standard InChI is InChI=1S/C36H15B8NO/c37-27-25-26-28(38)30(40)32(42)34(44)36(26)45(35(25)33(43)31(41)29(27)39)20-8-4-7-18(14-20)16-5-3-6-17(13-16)19-11-12-24-22(15-19)21-9-1-2-10-23(21)46-24/h1-15H. The molecule has 2 heterocycles. The lowest BCUT2D eigenvalue weighted by Crippen LogP contribution is -2.49. The van der Waals surface area contributed by atoms with Gasteiger partial charge in [-0.05, 0) is 69.4 Å². The highest BCUT2D eigenvalue weighted by atomic mass is 16.3. The van der Waals surface area contributed by atoms with Crippen LogP contribution in [0.15, 0.2) is 95.4 Å². The van der Waals surface area contributed by atoms with Crippen molar-refractivity contribution in [1.82, 2.24) is 4.57 Å². The Kier molecular flexibility index (Phi) is 6.59. The Bertz CT molecular complexity index is 2510. The molecule has 0 atom stereocenters. The van der Waals surface area contributed by atoms with Gasteiger partial charge in [0.15, 0.2) is 0 Å². The normalized spacial score (nSPS) is 11.7. The topological polar surface area (TPSA) is 18.1 Å². The van der Waals surface area contributed by atoms with Crippen LogP contribution in [-0.2, 0) is 0 Å². The third-order valence-electron chi connectivity index (χ3n) is 8.97. The summed E-state index contributed by atoms with van der Waals surface area (Å²) in [6, 6.07) is 30.6. The van der Waals surface area contributed by atoms with Gasteiger partial charge in [-0.25, -0.2) is 0 Å². The van der Waals surface area contributed by atoms with E-state index in [9.17, 15) is 0 Å². The molecule has 0 spiro atoms. The maximum absolute atomic E-state index is 6.63. The van der Waals surface area contributed by atoms with Gasteiger partial charge in [0.05, 0.1) is 0 Å². The van der Waals surface area contributed by atoms with E-state index < -0.39 is 0 Å². The molecule has 0 amide bonds. The second kappa shape index (κ2) is 10.5. The number of hydrogen-bond acceptors (Lipinski definition) is 1. The van der Waals surface area contributed by atoms with Crippen molar-refractivity contribution in [3.8, 4) is 27.9 Å². The molecule has 6 aromatic carbocycles. The number of aromatic nitrogens is 1. The second-order valence-electron chi connectivity index (χ2n) is 11.5. The molecule has 0 fully saturated rings. The van der Waals surface area contributed by atoms with Crippen LogP contribution in [0.3, 0.4) is 0 Å². The van der Waals surface area contributed by atoms with Crippen LogP contribution in [0.25, 0.3) is 71.7 Å². The number of fused-ring (bicyclic) bond motifs is 6. The van der Waals surface area contributed by atoms with Gasteiger partial charge in [0.2, 0.25) is 0 Å². The molecule has 0 unspecified atom stereocenters. The fraction of sp³-hybridized carbons (Fsp3) is 0. The number of para-hydroxylation sites is 1. The zero-order valence-electron chi connectivity index (χ0n) is 24.6. The van der Waals surface area contributed by atoms with Gasteiger partial charge < -0.3 is 8.98 Å². The SMILES string of the molecule is [B]c1c([B])c([B])c2c(c1[B])c1c([B])c([B])c([B])c([B])c1n2-c1cccc(-c2cccc(-c3ccc4oc5ccccc5c4c3)c2)c1. The van der Waals surface area contributed by atoms with Crippen LogP contribution in [0.4, 0.5) is 0 Å². The van der Waals surface area contributed by atoms with E-state index in [1.54, 1.807) is 0 Å². The quantitative estimate of drug-likeness (QED) is 0.284. The summed E-state index contributed by atoms with van der Waals surface area (Å²) in [6.45, 7) is 0. The third kappa shape index (κ3) is 4.08. The molecular formula is C36H15B8NO. The minimum Gasteiger partial charge on any atom is -0.456 e. The first kappa shape index (κ1) is 28.9. The van der Waals surface area contributed by atoms with E-state index in [0.717, 1.165) is 49.9 Å². The summed E-state index contributed by atoms with van der Waals surface area (Å²) in [4.78, 5) is 0. The highest BCUT2D eigenvalue weighted by molar-refractivity contribution is 6.71. The van der Waals surface area contributed by atoms with E-state index in [0.29, 0.717) is 21.8 Å². The predicted octanol–water partition coefficient (Wildman–Crippen LogP) is 0.368. The molecule has 0 N–H and O–H groups in total. The van der Waals surface area contributed by atoms with Gasteiger partial charge in [-0.2, -0.15) is 0 Å². The number of nitrogens with zero attached hydrogens (tertiary/aromatic N) is 1. The summed E-state index contributed by atoms with van der Waals surface area (Å²) >= 11 is 0. The Balaban J connectivity index is 1.34. The lowest BCUT2D eigenvalue weighted by atomic mass is 9.63. The van der Waals surface area contributed by atoms with Crippen LogP contribution < -0.4 is 43.7 Å². The van der Waals surface area contributed by atoms with E-state index in [2.05, 4.69) is 36.4 Å². The van der Waals surface area contributed by atoms with Crippen LogP contribution in [0.2, 0.25) is 0 Å². The van der Waals surface area contributed by atoms with Crippen molar-refractivity contribution in [3.63, 3.8) is 0 Å². The molecule has 0 saturated heterocycles. The zero-order valence-corrected chi connectivity index (χ0v) is 24.6. The molecule has 8 rings (SSSR count). The molecular weight excluding hydrogens is 549 g/mol. The minimum atomic E-state index is 0.157. The Morgan fingerprint density at radius 3 is 1.52 bits per heavy atom.